The summed E-state index contributed by atoms with van der Waals surface area (Å²) in [7, 11) is -1.93. The standard InChI is InChI=1S/C11H18N4O2S/c1-9-5-6-11(14-13-9)18(16,17)15(2)10-4-3-7-12-8-10/h5-6,10,12H,3-4,7-8H2,1-2H3/t10-/m1/s1. The molecule has 100 valence electrons. The van der Waals surface area contributed by atoms with Crippen LogP contribution in [0, 0.1) is 6.92 Å². The van der Waals surface area contributed by atoms with Crippen molar-refractivity contribution in [2.75, 3.05) is 20.1 Å². The van der Waals surface area contributed by atoms with Crippen LogP contribution in [0.3, 0.4) is 0 Å². The Kier molecular flexibility index (Phi) is 3.94. The first-order valence-electron chi connectivity index (χ1n) is 6.01. The second-order valence-corrected chi connectivity index (χ2v) is 6.48. The Morgan fingerprint density at radius 2 is 2.17 bits per heavy atom. The van der Waals surface area contributed by atoms with E-state index in [9.17, 15) is 8.42 Å². The number of likely N-dealkylation sites (N-methyl/N-ethyl adjacent to an activating group) is 1. The van der Waals surface area contributed by atoms with Gasteiger partial charge >= 0.3 is 0 Å². The van der Waals surface area contributed by atoms with Gasteiger partial charge in [0.05, 0.1) is 5.69 Å². The van der Waals surface area contributed by atoms with Crippen molar-refractivity contribution in [3.63, 3.8) is 0 Å². The zero-order chi connectivity index (χ0) is 13.2. The number of nitrogens with one attached hydrogen (secondary N) is 1. The van der Waals surface area contributed by atoms with Crippen molar-refractivity contribution in [3.8, 4) is 0 Å². The van der Waals surface area contributed by atoms with Gasteiger partial charge in [-0.05, 0) is 38.4 Å². The maximum absolute atomic E-state index is 12.3. The lowest BCUT2D eigenvalue weighted by Crippen LogP contribution is -2.46. The molecule has 0 aromatic carbocycles. The third-order valence-corrected chi connectivity index (χ3v) is 5.00. The van der Waals surface area contributed by atoms with E-state index in [-0.39, 0.29) is 11.1 Å². The Hall–Kier alpha value is -1.05. The lowest BCUT2D eigenvalue weighted by molar-refractivity contribution is 0.299. The molecule has 1 aliphatic heterocycles. The molecule has 0 aliphatic carbocycles. The van der Waals surface area contributed by atoms with Gasteiger partial charge in [0.15, 0.2) is 5.03 Å². The molecule has 6 nitrogen and oxygen atoms in total. The fraction of sp³-hybridized carbons (Fsp3) is 0.636. The zero-order valence-electron chi connectivity index (χ0n) is 10.6. The van der Waals surface area contributed by atoms with E-state index in [4.69, 9.17) is 0 Å². The number of nitrogens with zero attached hydrogens (tertiary/aromatic N) is 3. The van der Waals surface area contributed by atoms with Crippen molar-refractivity contribution >= 4 is 10.0 Å². The molecule has 1 aromatic heterocycles. The fourth-order valence-electron chi connectivity index (χ4n) is 2.01. The third kappa shape index (κ3) is 2.68. The van der Waals surface area contributed by atoms with Gasteiger partial charge in [-0.2, -0.15) is 9.40 Å². The largest absolute Gasteiger partial charge is 0.315 e. The van der Waals surface area contributed by atoms with Gasteiger partial charge in [0.1, 0.15) is 0 Å². The molecule has 0 amide bonds. The smallest absolute Gasteiger partial charge is 0.262 e. The van der Waals surface area contributed by atoms with Crippen LogP contribution >= 0.6 is 0 Å². The van der Waals surface area contributed by atoms with Gasteiger partial charge in [-0.15, -0.1) is 5.10 Å². The topological polar surface area (TPSA) is 75.2 Å². The van der Waals surface area contributed by atoms with Crippen LogP contribution in [0.5, 0.6) is 0 Å². The summed E-state index contributed by atoms with van der Waals surface area (Å²) in [6.45, 7) is 3.42. The summed E-state index contributed by atoms with van der Waals surface area (Å²) in [4.78, 5) is 0. The number of hydrogen-bond acceptors (Lipinski definition) is 5. The molecule has 2 heterocycles. The Morgan fingerprint density at radius 3 is 2.72 bits per heavy atom. The SMILES string of the molecule is Cc1ccc(S(=O)(=O)N(C)[C@@H]2CCCNC2)nn1. The average molecular weight is 270 g/mol. The second-order valence-electron chi connectivity index (χ2n) is 4.53. The molecule has 1 saturated heterocycles. The van der Waals surface area contributed by atoms with Crippen LogP contribution in [0.4, 0.5) is 0 Å². The number of piperidine rings is 1. The summed E-state index contributed by atoms with van der Waals surface area (Å²) >= 11 is 0. The molecule has 2 rings (SSSR count). The summed E-state index contributed by atoms with van der Waals surface area (Å²) in [6, 6.07) is 3.16. The Bertz CT molecular complexity index is 494. The minimum atomic E-state index is -3.54. The first-order valence-corrected chi connectivity index (χ1v) is 7.45. The van der Waals surface area contributed by atoms with E-state index >= 15 is 0 Å². The van der Waals surface area contributed by atoms with Crippen LogP contribution in [0.1, 0.15) is 18.5 Å². The monoisotopic (exact) mass is 270 g/mol. The number of sulfonamides is 1. The molecular weight excluding hydrogens is 252 g/mol. The maximum atomic E-state index is 12.3. The molecule has 1 atom stereocenters. The van der Waals surface area contributed by atoms with Crippen molar-refractivity contribution in [2.45, 2.75) is 30.8 Å². The van der Waals surface area contributed by atoms with Gasteiger partial charge in [0, 0.05) is 19.6 Å². The first-order chi connectivity index (χ1) is 8.51. The van der Waals surface area contributed by atoms with Gasteiger partial charge in [-0.25, -0.2) is 8.42 Å². The third-order valence-electron chi connectivity index (χ3n) is 3.20. The van der Waals surface area contributed by atoms with Gasteiger partial charge in [-0.1, -0.05) is 0 Å². The summed E-state index contributed by atoms with van der Waals surface area (Å²) in [5, 5.41) is 10.8. The predicted octanol–water partition coefficient (Wildman–Crippen LogP) is 0.158. The van der Waals surface area contributed by atoms with E-state index in [1.165, 1.54) is 10.4 Å². The summed E-state index contributed by atoms with van der Waals surface area (Å²) < 4.78 is 26.1. The highest BCUT2D eigenvalue weighted by molar-refractivity contribution is 7.89. The lowest BCUT2D eigenvalue weighted by atomic mass is 10.1. The molecule has 0 saturated carbocycles. The minimum absolute atomic E-state index is 0.00754. The van der Waals surface area contributed by atoms with Crippen LogP contribution in [0.2, 0.25) is 0 Å². The lowest BCUT2D eigenvalue weighted by Gasteiger charge is -2.30. The average Bonchev–Trinajstić information content (AvgIpc) is 2.39. The minimum Gasteiger partial charge on any atom is -0.315 e. The summed E-state index contributed by atoms with van der Waals surface area (Å²) in [5.74, 6) is 0. The molecule has 18 heavy (non-hydrogen) atoms. The van der Waals surface area contributed by atoms with E-state index in [0.717, 1.165) is 19.4 Å². The van der Waals surface area contributed by atoms with Gasteiger partial charge < -0.3 is 5.32 Å². The van der Waals surface area contributed by atoms with E-state index in [1.807, 2.05) is 0 Å². The highest BCUT2D eigenvalue weighted by Crippen LogP contribution is 2.17. The summed E-state index contributed by atoms with van der Waals surface area (Å²) in [5.41, 5.74) is 0.705. The molecule has 0 bridgehead atoms. The van der Waals surface area contributed by atoms with Crippen LogP contribution in [-0.4, -0.2) is 49.1 Å². The van der Waals surface area contributed by atoms with Crippen LogP contribution in [0.15, 0.2) is 17.2 Å². The molecule has 1 aromatic rings. The first kappa shape index (κ1) is 13.4. The van der Waals surface area contributed by atoms with Crippen LogP contribution in [-0.2, 0) is 10.0 Å². The van der Waals surface area contributed by atoms with E-state index < -0.39 is 10.0 Å². The van der Waals surface area contributed by atoms with Crippen molar-refractivity contribution in [1.82, 2.24) is 19.8 Å². The van der Waals surface area contributed by atoms with E-state index in [2.05, 4.69) is 15.5 Å². The highest BCUT2D eigenvalue weighted by atomic mass is 32.2. The van der Waals surface area contributed by atoms with Crippen molar-refractivity contribution in [2.24, 2.45) is 0 Å². The number of hydrogen-bond donors (Lipinski definition) is 1. The molecule has 1 fully saturated rings. The summed E-state index contributed by atoms with van der Waals surface area (Å²) in [6.07, 6.45) is 1.87. The van der Waals surface area contributed by atoms with Crippen molar-refractivity contribution in [3.05, 3.63) is 17.8 Å². The zero-order valence-corrected chi connectivity index (χ0v) is 11.4. The maximum Gasteiger partial charge on any atom is 0.262 e. The predicted molar refractivity (Wildman–Crippen MR) is 67.6 cm³/mol. The molecule has 0 radical (unpaired) electrons. The Morgan fingerprint density at radius 1 is 1.39 bits per heavy atom. The molecular formula is C11H18N4O2S. The molecule has 1 aliphatic rings. The fourth-order valence-corrected chi connectivity index (χ4v) is 3.26. The number of aryl methyl sites for hydroxylation is 1. The quantitative estimate of drug-likeness (QED) is 0.846. The van der Waals surface area contributed by atoms with Crippen molar-refractivity contribution < 1.29 is 8.42 Å². The van der Waals surface area contributed by atoms with E-state index in [1.54, 1.807) is 20.0 Å². The van der Waals surface area contributed by atoms with Crippen LogP contribution < -0.4 is 5.32 Å². The Balaban J connectivity index is 2.21. The molecule has 0 spiro atoms. The van der Waals surface area contributed by atoms with Gasteiger partial charge in [-0.3, -0.25) is 0 Å². The highest BCUT2D eigenvalue weighted by Gasteiger charge is 2.30. The van der Waals surface area contributed by atoms with Crippen LogP contribution in [0.25, 0.3) is 0 Å². The van der Waals surface area contributed by atoms with E-state index in [0.29, 0.717) is 12.2 Å². The number of aromatic nitrogens is 2. The normalized spacial score (nSPS) is 21.2. The van der Waals surface area contributed by atoms with Crippen molar-refractivity contribution in [1.29, 1.82) is 0 Å². The molecule has 1 N–H and O–H groups in total. The second kappa shape index (κ2) is 5.29. The van der Waals surface area contributed by atoms with Gasteiger partial charge in [0.2, 0.25) is 0 Å². The Labute approximate surface area is 107 Å². The molecule has 7 heteroatoms. The molecule has 0 unspecified atom stereocenters. The van der Waals surface area contributed by atoms with Gasteiger partial charge in [0.25, 0.3) is 10.0 Å². The number of rotatable bonds is 3.